The zero-order chi connectivity index (χ0) is 19.4. The number of piperidine rings is 1. The number of anilines is 1. The number of benzene rings is 1. The molecule has 7 nitrogen and oxygen atoms in total. The SMILES string of the molecule is CC(=O)c1cccc(N(CCC(=O)N2CCC3(CC2)OCCO3)C(C)=O)c1. The number of likely N-dealkylation sites (tertiary alicyclic amines) is 1. The third kappa shape index (κ3) is 4.54. The summed E-state index contributed by atoms with van der Waals surface area (Å²) in [5.74, 6) is -0.712. The zero-order valence-electron chi connectivity index (χ0n) is 15.9. The summed E-state index contributed by atoms with van der Waals surface area (Å²) in [6.45, 7) is 5.65. The fourth-order valence-corrected chi connectivity index (χ4v) is 3.61. The van der Waals surface area contributed by atoms with E-state index in [4.69, 9.17) is 9.47 Å². The van der Waals surface area contributed by atoms with Crippen LogP contribution in [-0.4, -0.2) is 61.1 Å². The van der Waals surface area contributed by atoms with E-state index in [0.717, 1.165) is 0 Å². The summed E-state index contributed by atoms with van der Waals surface area (Å²) in [5.41, 5.74) is 1.18. The van der Waals surface area contributed by atoms with Crippen LogP contribution in [0.4, 0.5) is 5.69 Å². The lowest BCUT2D eigenvalue weighted by atomic mass is 10.0. The van der Waals surface area contributed by atoms with Crippen molar-refractivity contribution in [1.29, 1.82) is 0 Å². The van der Waals surface area contributed by atoms with E-state index in [2.05, 4.69) is 0 Å². The molecule has 1 spiro atoms. The van der Waals surface area contributed by atoms with Gasteiger partial charge in [0, 0.05) is 57.1 Å². The maximum atomic E-state index is 12.6. The molecule has 0 unspecified atom stereocenters. The van der Waals surface area contributed by atoms with Crippen LogP contribution in [-0.2, 0) is 19.1 Å². The average Bonchev–Trinajstić information content (AvgIpc) is 3.10. The van der Waals surface area contributed by atoms with Gasteiger partial charge in [0.2, 0.25) is 11.8 Å². The van der Waals surface area contributed by atoms with Crippen LogP contribution in [0, 0.1) is 0 Å². The number of nitrogens with zero attached hydrogens (tertiary/aromatic N) is 2. The molecule has 27 heavy (non-hydrogen) atoms. The second kappa shape index (κ2) is 8.19. The van der Waals surface area contributed by atoms with Crippen LogP contribution in [0.15, 0.2) is 24.3 Å². The lowest BCUT2D eigenvalue weighted by Crippen LogP contribution is -2.48. The standard InChI is InChI=1S/C20H26N2O5/c1-15(23)17-4-3-5-18(14-17)22(16(2)24)9-6-19(25)21-10-7-20(8-11-21)26-12-13-27-20/h3-5,14H,6-13H2,1-2H3. The highest BCUT2D eigenvalue weighted by Gasteiger charge is 2.40. The monoisotopic (exact) mass is 374 g/mol. The van der Waals surface area contributed by atoms with Gasteiger partial charge in [-0.3, -0.25) is 14.4 Å². The van der Waals surface area contributed by atoms with E-state index in [1.54, 1.807) is 34.1 Å². The predicted molar refractivity (Wildman–Crippen MR) is 99.5 cm³/mol. The summed E-state index contributed by atoms with van der Waals surface area (Å²) in [4.78, 5) is 39.6. The van der Waals surface area contributed by atoms with Crippen molar-refractivity contribution >= 4 is 23.3 Å². The van der Waals surface area contributed by atoms with Gasteiger partial charge >= 0.3 is 0 Å². The van der Waals surface area contributed by atoms with E-state index in [1.807, 2.05) is 0 Å². The molecule has 146 valence electrons. The van der Waals surface area contributed by atoms with Crippen molar-refractivity contribution < 1.29 is 23.9 Å². The van der Waals surface area contributed by atoms with Crippen molar-refractivity contribution in [3.05, 3.63) is 29.8 Å². The quantitative estimate of drug-likeness (QED) is 0.737. The van der Waals surface area contributed by atoms with Crippen LogP contribution in [0.2, 0.25) is 0 Å². The van der Waals surface area contributed by atoms with Crippen molar-refractivity contribution in [2.75, 3.05) is 37.7 Å². The van der Waals surface area contributed by atoms with Gasteiger partial charge in [-0.1, -0.05) is 12.1 Å². The van der Waals surface area contributed by atoms with Gasteiger partial charge in [-0.2, -0.15) is 0 Å². The molecule has 2 aliphatic rings. The Hall–Kier alpha value is -2.25. The predicted octanol–water partition coefficient (Wildman–Crippen LogP) is 2.00. The van der Waals surface area contributed by atoms with Crippen LogP contribution >= 0.6 is 0 Å². The highest BCUT2D eigenvalue weighted by atomic mass is 16.7. The smallest absolute Gasteiger partial charge is 0.224 e. The van der Waals surface area contributed by atoms with Gasteiger partial charge in [0.15, 0.2) is 11.6 Å². The van der Waals surface area contributed by atoms with Gasteiger partial charge in [0.1, 0.15) is 0 Å². The van der Waals surface area contributed by atoms with E-state index in [1.165, 1.54) is 13.8 Å². The fourth-order valence-electron chi connectivity index (χ4n) is 3.61. The molecule has 2 aliphatic heterocycles. The first-order valence-electron chi connectivity index (χ1n) is 9.35. The third-order valence-corrected chi connectivity index (χ3v) is 5.19. The molecule has 0 N–H and O–H groups in total. The topological polar surface area (TPSA) is 76.2 Å². The number of hydrogen-bond donors (Lipinski definition) is 0. The van der Waals surface area contributed by atoms with Crippen molar-refractivity contribution in [2.45, 2.75) is 38.9 Å². The zero-order valence-corrected chi connectivity index (χ0v) is 15.9. The maximum Gasteiger partial charge on any atom is 0.224 e. The highest BCUT2D eigenvalue weighted by molar-refractivity contribution is 5.97. The van der Waals surface area contributed by atoms with Gasteiger partial charge < -0.3 is 19.3 Å². The largest absolute Gasteiger partial charge is 0.347 e. The Kier molecular flexibility index (Phi) is 5.92. The summed E-state index contributed by atoms with van der Waals surface area (Å²) in [6.07, 6.45) is 1.59. The minimum Gasteiger partial charge on any atom is -0.347 e. The molecule has 0 saturated carbocycles. The molecule has 0 atom stereocenters. The summed E-state index contributed by atoms with van der Waals surface area (Å²) in [5, 5.41) is 0. The van der Waals surface area contributed by atoms with Crippen molar-refractivity contribution in [3.8, 4) is 0 Å². The Morgan fingerprint density at radius 2 is 1.78 bits per heavy atom. The number of rotatable bonds is 5. The lowest BCUT2D eigenvalue weighted by molar-refractivity contribution is -0.187. The van der Waals surface area contributed by atoms with Crippen LogP contribution in [0.3, 0.4) is 0 Å². The number of amides is 2. The normalized spacial score (nSPS) is 18.5. The molecule has 2 saturated heterocycles. The summed E-state index contributed by atoms with van der Waals surface area (Å²) in [7, 11) is 0. The first-order chi connectivity index (χ1) is 12.9. The van der Waals surface area contributed by atoms with Gasteiger partial charge in [-0.15, -0.1) is 0 Å². The Morgan fingerprint density at radius 3 is 2.37 bits per heavy atom. The van der Waals surface area contributed by atoms with E-state index in [9.17, 15) is 14.4 Å². The molecule has 1 aromatic carbocycles. The average molecular weight is 374 g/mol. The number of carbonyl (C=O) groups excluding carboxylic acids is 3. The van der Waals surface area contributed by atoms with E-state index in [-0.39, 0.29) is 30.6 Å². The van der Waals surface area contributed by atoms with Crippen LogP contribution in [0.25, 0.3) is 0 Å². The molecule has 0 aliphatic carbocycles. The van der Waals surface area contributed by atoms with E-state index >= 15 is 0 Å². The number of carbonyl (C=O) groups is 3. The molecule has 0 bridgehead atoms. The Balaban J connectivity index is 1.58. The molecule has 3 rings (SSSR count). The first-order valence-corrected chi connectivity index (χ1v) is 9.35. The van der Waals surface area contributed by atoms with Crippen LogP contribution in [0.1, 0.15) is 43.5 Å². The van der Waals surface area contributed by atoms with E-state index in [0.29, 0.717) is 50.4 Å². The summed E-state index contributed by atoms with van der Waals surface area (Å²) < 4.78 is 11.4. The van der Waals surface area contributed by atoms with Crippen molar-refractivity contribution in [1.82, 2.24) is 4.90 Å². The number of Topliss-reactive ketones (excluding diaryl/α,β-unsaturated/α-hetero) is 1. The maximum absolute atomic E-state index is 12.6. The van der Waals surface area contributed by atoms with Crippen molar-refractivity contribution in [2.24, 2.45) is 0 Å². The third-order valence-electron chi connectivity index (χ3n) is 5.19. The number of ether oxygens (including phenoxy) is 2. The Labute approximate surface area is 159 Å². The Morgan fingerprint density at radius 1 is 1.11 bits per heavy atom. The second-order valence-electron chi connectivity index (χ2n) is 7.02. The van der Waals surface area contributed by atoms with Gasteiger partial charge in [-0.05, 0) is 19.1 Å². The summed E-state index contributed by atoms with van der Waals surface area (Å²) in [6, 6.07) is 6.92. The molecule has 2 fully saturated rings. The minimum absolute atomic E-state index is 0.0109. The highest BCUT2D eigenvalue weighted by Crippen LogP contribution is 2.31. The number of ketones is 1. The first kappa shape index (κ1) is 19.5. The van der Waals surface area contributed by atoms with Gasteiger partial charge in [-0.25, -0.2) is 0 Å². The molecule has 0 radical (unpaired) electrons. The molecule has 2 amide bonds. The molecule has 1 aromatic rings. The molecule has 0 aromatic heterocycles. The Bertz CT molecular complexity index is 717. The number of hydrogen-bond acceptors (Lipinski definition) is 5. The van der Waals surface area contributed by atoms with Crippen LogP contribution < -0.4 is 4.90 Å². The van der Waals surface area contributed by atoms with Crippen molar-refractivity contribution in [3.63, 3.8) is 0 Å². The molecular formula is C20H26N2O5. The molecule has 2 heterocycles. The molecule has 7 heteroatoms. The second-order valence-corrected chi connectivity index (χ2v) is 7.02. The van der Waals surface area contributed by atoms with Gasteiger partial charge in [0.25, 0.3) is 0 Å². The molecular weight excluding hydrogens is 348 g/mol. The van der Waals surface area contributed by atoms with Crippen LogP contribution in [0.5, 0.6) is 0 Å². The lowest BCUT2D eigenvalue weighted by Gasteiger charge is -2.37. The fraction of sp³-hybridized carbons (Fsp3) is 0.550. The summed E-state index contributed by atoms with van der Waals surface area (Å²) >= 11 is 0. The minimum atomic E-state index is -0.505. The van der Waals surface area contributed by atoms with Gasteiger partial charge in [0.05, 0.1) is 13.2 Å². The van der Waals surface area contributed by atoms with E-state index < -0.39 is 5.79 Å².